The molecule has 3 aliphatic carbocycles. The molecule has 5 heteroatoms. The summed E-state index contributed by atoms with van der Waals surface area (Å²) in [6.45, 7) is 26.5. The van der Waals surface area contributed by atoms with Gasteiger partial charge in [-0.2, -0.15) is 0 Å². The Morgan fingerprint density at radius 1 is 0.466 bits per heavy atom. The summed E-state index contributed by atoms with van der Waals surface area (Å²) in [5, 5.41) is 0. The van der Waals surface area contributed by atoms with Gasteiger partial charge >= 0.3 is 7.82 Å². The molecule has 1 aliphatic heterocycles. The Bertz CT molecular complexity index is 3290. The third-order valence-corrected chi connectivity index (χ3v) is 18.0. The highest BCUT2D eigenvalue weighted by molar-refractivity contribution is 7.47. The number of hydrogen-bond acceptors (Lipinski definition) is 3. The third kappa shape index (κ3) is 9.00. The lowest BCUT2D eigenvalue weighted by Crippen LogP contribution is -2.35. The molecule has 4 atom stereocenters. The first-order chi connectivity index (χ1) is 34.8. The average molecular weight is 985 g/mol. The molecule has 73 heavy (non-hydrogen) atoms. The van der Waals surface area contributed by atoms with Gasteiger partial charge in [0, 0.05) is 23.0 Å². The second kappa shape index (κ2) is 18.9. The van der Waals surface area contributed by atoms with E-state index in [0.29, 0.717) is 5.75 Å². The number of benzene rings is 7. The standard InChI is InChI=1S/C68H73O4P/c1-37-21-41(5)61(42(6)22-37)53-29-51(30-54(33-53)62-43(7)23-38(2)24-44(62)8)59-35-49-17-13-15-19-57(49)65-66-58-20-16-14-18-50(58)36-60(68(66)72-73(69,70)71-67(59)65)52-31-55(63-45(9)25-39(3)26-46(63)10)34-56(32-52)64-47(11)27-40(4)28-48(64)12/h21-35,60,66,68H,13-20,36H2,1-12H3,(H,69,70)/t60?,66-,68?/m1/s1. The van der Waals surface area contributed by atoms with E-state index < -0.39 is 13.9 Å². The molecule has 0 bridgehead atoms. The highest BCUT2D eigenvalue weighted by Crippen LogP contribution is 2.64. The smallest absolute Gasteiger partial charge is 0.403 e. The minimum absolute atomic E-state index is 0.203. The second-order valence-electron chi connectivity index (χ2n) is 23.0. The van der Waals surface area contributed by atoms with E-state index in [1.54, 1.807) is 0 Å². The molecule has 374 valence electrons. The molecule has 1 N–H and O–H groups in total. The molecule has 7 aromatic rings. The van der Waals surface area contributed by atoms with E-state index in [1.807, 2.05) is 0 Å². The molecule has 4 aliphatic rings. The summed E-state index contributed by atoms with van der Waals surface area (Å²) in [5.41, 5.74) is 34.1. The van der Waals surface area contributed by atoms with Crippen molar-refractivity contribution in [2.45, 2.75) is 159 Å². The van der Waals surface area contributed by atoms with Crippen LogP contribution in [0.2, 0.25) is 0 Å². The summed E-state index contributed by atoms with van der Waals surface area (Å²) in [5.74, 6) is 0.0778. The van der Waals surface area contributed by atoms with Crippen molar-refractivity contribution in [3.05, 3.63) is 191 Å². The van der Waals surface area contributed by atoms with Crippen molar-refractivity contribution in [3.63, 3.8) is 0 Å². The number of hydrogen-bond donors (Lipinski definition) is 1. The van der Waals surface area contributed by atoms with Crippen LogP contribution in [-0.2, 0) is 21.9 Å². The van der Waals surface area contributed by atoms with Crippen molar-refractivity contribution in [1.82, 2.24) is 0 Å². The number of allylic oxidation sites excluding steroid dienone is 1. The predicted molar refractivity (Wildman–Crippen MR) is 304 cm³/mol. The SMILES string of the molecule is Cc1cc(C)c(-c2cc(-c3cc4c(c5c3OP(=O)(O)OC3C(c6cc(-c7c(C)cc(C)cc7C)cc(-c7c(C)cc(C)cc7C)c6)CC6=C(CCCC6)[C@H]53)CCCC4)cc(-c3c(C)cc(C)cc3C)c2)c(C)c1. The van der Waals surface area contributed by atoms with Crippen LogP contribution < -0.4 is 4.52 Å². The summed E-state index contributed by atoms with van der Waals surface area (Å²) < 4.78 is 29.0. The molecule has 0 aromatic heterocycles. The Morgan fingerprint density at radius 3 is 1.33 bits per heavy atom. The maximum Gasteiger partial charge on any atom is 0.527 e. The van der Waals surface area contributed by atoms with Crippen molar-refractivity contribution >= 4 is 7.82 Å². The normalized spacial score (nSPS) is 20.4. The molecule has 0 spiro atoms. The number of phosphoric ester groups is 1. The zero-order chi connectivity index (χ0) is 51.4. The van der Waals surface area contributed by atoms with Gasteiger partial charge in [0.1, 0.15) is 5.75 Å². The summed E-state index contributed by atoms with van der Waals surface area (Å²) >= 11 is 0. The highest BCUT2D eigenvalue weighted by atomic mass is 31.2. The van der Waals surface area contributed by atoms with Crippen LogP contribution in [0.4, 0.5) is 0 Å². The van der Waals surface area contributed by atoms with Crippen molar-refractivity contribution in [2.75, 3.05) is 0 Å². The number of phosphoric acid groups is 1. The van der Waals surface area contributed by atoms with E-state index in [-0.39, 0.29) is 11.8 Å². The fourth-order valence-electron chi connectivity index (χ4n) is 14.8. The topological polar surface area (TPSA) is 55.8 Å². The van der Waals surface area contributed by atoms with Gasteiger partial charge in [-0.1, -0.05) is 94.1 Å². The Balaban J connectivity index is 1.18. The minimum atomic E-state index is -4.73. The molecule has 0 amide bonds. The van der Waals surface area contributed by atoms with Crippen LogP contribution in [0, 0.1) is 83.1 Å². The zero-order valence-corrected chi connectivity index (χ0v) is 46.3. The Morgan fingerprint density at radius 2 is 0.863 bits per heavy atom. The molecular formula is C68H73O4P. The van der Waals surface area contributed by atoms with Crippen molar-refractivity contribution in [3.8, 4) is 61.4 Å². The van der Waals surface area contributed by atoms with Gasteiger partial charge in [0.05, 0.1) is 6.10 Å². The van der Waals surface area contributed by atoms with Crippen molar-refractivity contribution < 1.29 is 18.5 Å². The van der Waals surface area contributed by atoms with Crippen molar-refractivity contribution in [2.24, 2.45) is 0 Å². The average Bonchev–Trinajstić information content (AvgIpc) is 3.43. The van der Waals surface area contributed by atoms with Crippen LogP contribution in [-0.4, -0.2) is 11.0 Å². The summed E-state index contributed by atoms with van der Waals surface area (Å²) in [6.07, 6.45) is 8.39. The number of aryl methyl sites for hydroxylation is 13. The van der Waals surface area contributed by atoms with Gasteiger partial charge in [-0.3, -0.25) is 9.42 Å². The first-order valence-electron chi connectivity index (χ1n) is 27.1. The lowest BCUT2D eigenvalue weighted by molar-refractivity contribution is 0.103. The maximum absolute atomic E-state index is 15.3. The Hall–Kier alpha value is -5.77. The lowest BCUT2D eigenvalue weighted by Gasteiger charge is -2.43. The molecule has 0 radical (unpaired) electrons. The molecule has 3 unspecified atom stereocenters. The molecular weight excluding hydrogens is 912 g/mol. The molecule has 7 aromatic carbocycles. The Kier molecular flexibility index (Phi) is 12.8. The van der Waals surface area contributed by atoms with E-state index in [4.69, 9.17) is 9.05 Å². The molecule has 4 nitrogen and oxygen atoms in total. The lowest BCUT2D eigenvalue weighted by atomic mass is 9.64. The van der Waals surface area contributed by atoms with E-state index >= 15 is 4.57 Å². The zero-order valence-electron chi connectivity index (χ0n) is 45.4. The largest absolute Gasteiger partial charge is 0.527 e. The molecule has 1 heterocycles. The monoisotopic (exact) mass is 985 g/mol. The number of fused-ring (bicyclic) bond motifs is 6. The Labute approximate surface area is 435 Å². The highest BCUT2D eigenvalue weighted by Gasteiger charge is 2.50. The summed E-state index contributed by atoms with van der Waals surface area (Å²) in [7, 11) is -4.73. The van der Waals surface area contributed by atoms with E-state index in [2.05, 4.69) is 174 Å². The van der Waals surface area contributed by atoms with E-state index in [0.717, 1.165) is 91.2 Å². The summed E-state index contributed by atoms with van der Waals surface area (Å²) in [6, 6.07) is 34.8. The first kappa shape index (κ1) is 49.4. The quantitative estimate of drug-likeness (QED) is 0.133. The van der Waals surface area contributed by atoms with Crippen LogP contribution >= 0.6 is 7.82 Å². The third-order valence-electron chi connectivity index (χ3n) is 17.1. The molecule has 0 saturated heterocycles. The van der Waals surface area contributed by atoms with Crippen molar-refractivity contribution in [1.29, 1.82) is 0 Å². The number of rotatable bonds is 6. The maximum atomic E-state index is 15.3. The van der Waals surface area contributed by atoms with Crippen LogP contribution in [0.15, 0.2) is 102 Å². The van der Waals surface area contributed by atoms with Crippen LogP contribution in [0.1, 0.15) is 146 Å². The predicted octanol–water partition coefficient (Wildman–Crippen LogP) is 18.6. The van der Waals surface area contributed by atoms with Gasteiger partial charge in [0.25, 0.3) is 0 Å². The van der Waals surface area contributed by atoms with Gasteiger partial charge < -0.3 is 4.52 Å². The molecule has 11 rings (SSSR count). The van der Waals surface area contributed by atoms with Crippen LogP contribution in [0.5, 0.6) is 5.75 Å². The van der Waals surface area contributed by atoms with E-state index in [9.17, 15) is 4.89 Å². The summed E-state index contributed by atoms with van der Waals surface area (Å²) in [4.78, 5) is 12.5. The molecule has 0 saturated carbocycles. The fourth-order valence-corrected chi connectivity index (χ4v) is 15.9. The first-order valence-corrected chi connectivity index (χ1v) is 28.6. The van der Waals surface area contributed by atoms with Crippen LogP contribution in [0.3, 0.4) is 0 Å². The van der Waals surface area contributed by atoms with Crippen LogP contribution in [0.25, 0.3) is 55.6 Å². The van der Waals surface area contributed by atoms with Gasteiger partial charge in [-0.05, 0) is 282 Å². The van der Waals surface area contributed by atoms with Gasteiger partial charge in [0.15, 0.2) is 0 Å². The molecule has 0 fully saturated rings. The van der Waals surface area contributed by atoms with Gasteiger partial charge in [-0.25, -0.2) is 4.57 Å². The van der Waals surface area contributed by atoms with E-state index in [1.165, 1.54) is 122 Å². The second-order valence-corrected chi connectivity index (χ2v) is 24.3. The minimum Gasteiger partial charge on any atom is -0.403 e. The van der Waals surface area contributed by atoms with Gasteiger partial charge in [-0.15, -0.1) is 0 Å². The van der Waals surface area contributed by atoms with Gasteiger partial charge in [0.2, 0.25) is 0 Å². The fraction of sp³-hybridized carbons (Fsp3) is 0.353.